The van der Waals surface area contributed by atoms with Crippen molar-refractivity contribution in [1.82, 2.24) is 5.06 Å². The Labute approximate surface area is 84.8 Å². The zero-order valence-corrected chi connectivity index (χ0v) is 9.49. The highest BCUT2D eigenvalue weighted by atomic mass is 17.2. The van der Waals surface area contributed by atoms with Crippen molar-refractivity contribution in [2.24, 2.45) is 0 Å². The largest absolute Gasteiger partial charge is 0.465 e. The van der Waals surface area contributed by atoms with Crippen LogP contribution in [0.1, 0.15) is 34.6 Å². The quantitative estimate of drug-likeness (QED) is 0.521. The highest BCUT2D eigenvalue weighted by Gasteiger charge is 2.29. The molecule has 0 bridgehead atoms. The van der Waals surface area contributed by atoms with Crippen molar-refractivity contribution >= 4 is 6.09 Å². The molecule has 84 valence electrons. The normalized spacial score (nSPS) is 11.2. The van der Waals surface area contributed by atoms with E-state index in [1.807, 2.05) is 20.8 Å². The van der Waals surface area contributed by atoms with Gasteiger partial charge in [0, 0.05) is 0 Å². The van der Waals surface area contributed by atoms with E-state index in [-0.39, 0.29) is 0 Å². The molecule has 5 nitrogen and oxygen atoms in total. The van der Waals surface area contributed by atoms with E-state index in [0.717, 1.165) is 5.06 Å². The van der Waals surface area contributed by atoms with Crippen LogP contribution >= 0.6 is 0 Å². The lowest BCUT2D eigenvalue weighted by Crippen LogP contribution is -2.45. The van der Waals surface area contributed by atoms with Gasteiger partial charge in [-0.3, -0.25) is 9.73 Å². The summed E-state index contributed by atoms with van der Waals surface area (Å²) in [5.41, 5.74) is -0.454. The molecule has 0 saturated carbocycles. The van der Waals surface area contributed by atoms with E-state index in [1.165, 1.54) is 0 Å². The Morgan fingerprint density at radius 1 is 1.21 bits per heavy atom. The number of nitrogens with zero attached hydrogens (tertiary/aromatic N) is 1. The van der Waals surface area contributed by atoms with Crippen LogP contribution in [0.2, 0.25) is 0 Å². The first-order valence-electron chi connectivity index (χ1n) is 4.70. The van der Waals surface area contributed by atoms with E-state index < -0.39 is 11.6 Å². The molecule has 0 aliphatic carbocycles. The number of carbonyl (C=O) groups excluding carboxylic acids is 1. The number of amides is 1. The SMILES string of the molecule is CCOOC(=O)N(OCC)C(C)(C)C. The molecule has 1 amide bonds. The predicted molar refractivity (Wildman–Crippen MR) is 51.3 cm³/mol. The summed E-state index contributed by atoms with van der Waals surface area (Å²) in [5, 5.41) is 1.16. The molecule has 0 rings (SSSR count). The number of rotatable bonds is 4. The van der Waals surface area contributed by atoms with Gasteiger partial charge in [0.15, 0.2) is 0 Å². The number of carbonyl (C=O) groups is 1. The molecule has 0 aliphatic rings. The maximum atomic E-state index is 11.4. The van der Waals surface area contributed by atoms with Crippen LogP contribution in [0.25, 0.3) is 0 Å². The first-order valence-corrected chi connectivity index (χ1v) is 4.70. The first-order chi connectivity index (χ1) is 6.43. The molecule has 0 spiro atoms. The third kappa shape index (κ3) is 4.43. The Bertz CT molecular complexity index is 176. The van der Waals surface area contributed by atoms with Crippen molar-refractivity contribution in [1.29, 1.82) is 0 Å². The smallest absolute Gasteiger partial charge is 0.274 e. The second-order valence-electron chi connectivity index (χ2n) is 3.64. The summed E-state index contributed by atoms with van der Waals surface area (Å²) in [4.78, 5) is 25.6. The van der Waals surface area contributed by atoms with Crippen LogP contribution in [0.3, 0.4) is 0 Å². The van der Waals surface area contributed by atoms with Crippen molar-refractivity contribution in [3.05, 3.63) is 0 Å². The molecule has 14 heavy (non-hydrogen) atoms. The molecule has 0 atom stereocenters. The predicted octanol–water partition coefficient (Wildman–Crippen LogP) is 2.13. The van der Waals surface area contributed by atoms with Crippen molar-refractivity contribution in [2.45, 2.75) is 40.2 Å². The Hall–Kier alpha value is -0.810. The molecule has 0 radical (unpaired) electrons. The lowest BCUT2D eigenvalue weighted by molar-refractivity contribution is -0.278. The first kappa shape index (κ1) is 13.2. The standard InChI is InChI=1S/C9H19NO4/c1-6-12-10(9(3,4)5)8(11)14-13-7-2/h6-7H2,1-5H3. The maximum Gasteiger partial charge on any atom is 0.465 e. The van der Waals surface area contributed by atoms with Crippen LogP contribution in [-0.2, 0) is 14.6 Å². The third-order valence-corrected chi connectivity index (χ3v) is 1.28. The number of hydrogen-bond acceptors (Lipinski definition) is 4. The van der Waals surface area contributed by atoms with Gasteiger partial charge in [-0.25, -0.2) is 4.79 Å². The average molecular weight is 205 g/mol. The fourth-order valence-electron chi connectivity index (χ4n) is 0.792. The van der Waals surface area contributed by atoms with Crippen molar-refractivity contribution in [3.63, 3.8) is 0 Å². The van der Waals surface area contributed by atoms with E-state index in [1.54, 1.807) is 13.8 Å². The van der Waals surface area contributed by atoms with Gasteiger partial charge in [-0.1, -0.05) is 0 Å². The van der Waals surface area contributed by atoms with E-state index in [9.17, 15) is 4.79 Å². The van der Waals surface area contributed by atoms with Gasteiger partial charge in [0.05, 0.1) is 18.8 Å². The molecule has 0 aromatic rings. The summed E-state index contributed by atoms with van der Waals surface area (Å²) < 4.78 is 0. The van der Waals surface area contributed by atoms with Crippen molar-refractivity contribution in [3.8, 4) is 0 Å². The van der Waals surface area contributed by atoms with Gasteiger partial charge < -0.3 is 0 Å². The molecular weight excluding hydrogens is 186 g/mol. The summed E-state index contributed by atoms with van der Waals surface area (Å²) >= 11 is 0. The minimum Gasteiger partial charge on any atom is -0.274 e. The second-order valence-corrected chi connectivity index (χ2v) is 3.64. The Balaban J connectivity index is 4.26. The van der Waals surface area contributed by atoms with Crippen LogP contribution < -0.4 is 0 Å². The highest BCUT2D eigenvalue weighted by Crippen LogP contribution is 2.15. The van der Waals surface area contributed by atoms with E-state index in [2.05, 4.69) is 9.78 Å². The number of hydroxylamine groups is 2. The second kappa shape index (κ2) is 5.82. The van der Waals surface area contributed by atoms with Gasteiger partial charge in [0.25, 0.3) is 0 Å². The topological polar surface area (TPSA) is 48.0 Å². The summed E-state index contributed by atoms with van der Waals surface area (Å²) in [6.45, 7) is 9.78. The van der Waals surface area contributed by atoms with Gasteiger partial charge in [0.2, 0.25) is 0 Å². The summed E-state index contributed by atoms with van der Waals surface area (Å²) in [6.07, 6.45) is -0.638. The molecule has 0 aromatic heterocycles. The van der Waals surface area contributed by atoms with E-state index >= 15 is 0 Å². The van der Waals surface area contributed by atoms with Crippen LogP contribution in [-0.4, -0.2) is 29.9 Å². The Kier molecular flexibility index (Phi) is 5.49. The molecule has 0 aromatic carbocycles. The third-order valence-electron chi connectivity index (χ3n) is 1.28. The van der Waals surface area contributed by atoms with Gasteiger partial charge in [0.1, 0.15) is 0 Å². The Morgan fingerprint density at radius 3 is 2.14 bits per heavy atom. The molecule has 0 heterocycles. The maximum absolute atomic E-state index is 11.4. The van der Waals surface area contributed by atoms with Gasteiger partial charge in [-0.05, 0) is 34.6 Å². The minimum atomic E-state index is -0.638. The zero-order chi connectivity index (χ0) is 11.2. The fourth-order valence-corrected chi connectivity index (χ4v) is 0.792. The lowest BCUT2D eigenvalue weighted by atomic mass is 10.1. The molecule has 5 heteroatoms. The van der Waals surface area contributed by atoms with Crippen LogP contribution in [0, 0.1) is 0 Å². The highest BCUT2D eigenvalue weighted by molar-refractivity contribution is 5.66. The van der Waals surface area contributed by atoms with Crippen LogP contribution in [0.15, 0.2) is 0 Å². The molecular formula is C9H19NO4. The molecule has 0 N–H and O–H groups in total. The van der Waals surface area contributed by atoms with Gasteiger partial charge in [-0.2, -0.15) is 9.95 Å². The minimum absolute atomic E-state index is 0.315. The molecule has 0 saturated heterocycles. The van der Waals surface area contributed by atoms with Gasteiger partial charge >= 0.3 is 6.09 Å². The lowest BCUT2D eigenvalue weighted by Gasteiger charge is -2.31. The van der Waals surface area contributed by atoms with Crippen molar-refractivity contribution in [2.75, 3.05) is 13.2 Å². The molecule has 0 aliphatic heterocycles. The Morgan fingerprint density at radius 2 is 1.79 bits per heavy atom. The van der Waals surface area contributed by atoms with E-state index in [4.69, 9.17) is 4.84 Å². The van der Waals surface area contributed by atoms with E-state index in [0.29, 0.717) is 13.2 Å². The summed E-state index contributed by atoms with van der Waals surface area (Å²) in [7, 11) is 0. The molecule has 0 unspecified atom stereocenters. The van der Waals surface area contributed by atoms with Crippen LogP contribution in [0.5, 0.6) is 0 Å². The average Bonchev–Trinajstić information content (AvgIpc) is 2.08. The monoisotopic (exact) mass is 205 g/mol. The van der Waals surface area contributed by atoms with Gasteiger partial charge in [-0.15, -0.1) is 0 Å². The zero-order valence-electron chi connectivity index (χ0n) is 9.49. The summed E-state index contributed by atoms with van der Waals surface area (Å²) in [5.74, 6) is 0. The number of hydrogen-bond donors (Lipinski definition) is 0. The molecule has 0 fully saturated rings. The summed E-state index contributed by atoms with van der Waals surface area (Å²) in [6, 6.07) is 0. The fraction of sp³-hybridized carbons (Fsp3) is 0.889. The van der Waals surface area contributed by atoms with Crippen molar-refractivity contribution < 1.29 is 19.4 Å². The van der Waals surface area contributed by atoms with Crippen LogP contribution in [0.4, 0.5) is 4.79 Å².